The predicted octanol–water partition coefficient (Wildman–Crippen LogP) is 6.33. The Labute approximate surface area is 239 Å². The highest BCUT2D eigenvalue weighted by atomic mass is 19.4. The van der Waals surface area contributed by atoms with Gasteiger partial charge in [-0.1, -0.05) is 30.7 Å². The maximum Gasteiger partial charge on any atom is 0.433 e. The van der Waals surface area contributed by atoms with Crippen LogP contribution in [0.2, 0.25) is 0 Å². The number of pyridine rings is 2. The van der Waals surface area contributed by atoms with Crippen LogP contribution in [0.4, 0.5) is 13.2 Å². The van der Waals surface area contributed by atoms with Crippen LogP contribution in [0.1, 0.15) is 65.0 Å². The lowest BCUT2D eigenvalue weighted by Crippen LogP contribution is -2.48. The smallest absolute Gasteiger partial charge is 0.433 e. The summed E-state index contributed by atoms with van der Waals surface area (Å²) in [6.45, 7) is 5.60. The van der Waals surface area contributed by atoms with Crippen molar-refractivity contribution in [2.45, 2.75) is 58.2 Å². The fourth-order valence-corrected chi connectivity index (χ4v) is 6.18. The van der Waals surface area contributed by atoms with E-state index in [4.69, 9.17) is 4.74 Å². The second kappa shape index (κ2) is 12.6. The van der Waals surface area contributed by atoms with Crippen molar-refractivity contribution in [2.75, 3.05) is 32.8 Å². The number of para-hydroxylation sites is 1. The van der Waals surface area contributed by atoms with Crippen molar-refractivity contribution in [1.82, 2.24) is 19.8 Å². The van der Waals surface area contributed by atoms with Crippen molar-refractivity contribution in [3.05, 3.63) is 89.0 Å². The molecule has 0 unspecified atom stereocenters. The molecule has 1 fully saturated rings. The number of alkyl halides is 3. The minimum absolute atomic E-state index is 0.0329. The highest BCUT2D eigenvalue weighted by Gasteiger charge is 2.38. The van der Waals surface area contributed by atoms with Gasteiger partial charge in [-0.05, 0) is 79.8 Å². The fraction of sp³-hybridized carbons (Fsp3) is 0.469. The SMILES string of the molecule is Cc1nc(C(F)(F)F)ccc1C(=O)N1CCC2(CCCCc3ccccc3OCCN(Cc3cccnc3)C2)CC1. The molecule has 0 bridgehead atoms. The molecule has 1 saturated heterocycles. The lowest BCUT2D eigenvalue weighted by molar-refractivity contribution is -0.141. The van der Waals surface area contributed by atoms with Crippen LogP contribution in [0.3, 0.4) is 0 Å². The van der Waals surface area contributed by atoms with E-state index in [1.54, 1.807) is 11.1 Å². The van der Waals surface area contributed by atoms with Crippen LogP contribution >= 0.6 is 0 Å². The number of rotatable bonds is 3. The molecule has 2 aliphatic rings. The minimum Gasteiger partial charge on any atom is -0.492 e. The second-order valence-corrected chi connectivity index (χ2v) is 11.4. The topological polar surface area (TPSA) is 58.6 Å². The van der Waals surface area contributed by atoms with Crippen molar-refractivity contribution in [3.63, 3.8) is 0 Å². The number of benzene rings is 1. The molecule has 2 aliphatic heterocycles. The van der Waals surface area contributed by atoms with Gasteiger partial charge in [-0.25, -0.2) is 4.98 Å². The number of fused-ring (bicyclic) bond motifs is 1. The summed E-state index contributed by atoms with van der Waals surface area (Å²) in [7, 11) is 0. The molecule has 6 nitrogen and oxygen atoms in total. The normalized spacial score (nSPS) is 18.6. The third kappa shape index (κ3) is 7.25. The first-order valence-electron chi connectivity index (χ1n) is 14.4. The molecule has 0 N–H and O–H groups in total. The van der Waals surface area contributed by atoms with Gasteiger partial charge in [0.25, 0.3) is 5.91 Å². The van der Waals surface area contributed by atoms with E-state index in [0.29, 0.717) is 19.7 Å². The lowest BCUT2D eigenvalue weighted by atomic mass is 9.73. The number of amides is 1. The van der Waals surface area contributed by atoms with Gasteiger partial charge in [-0.15, -0.1) is 0 Å². The van der Waals surface area contributed by atoms with E-state index < -0.39 is 11.9 Å². The van der Waals surface area contributed by atoms with Crippen LogP contribution in [0.5, 0.6) is 5.75 Å². The van der Waals surface area contributed by atoms with E-state index in [2.05, 4.69) is 39.1 Å². The van der Waals surface area contributed by atoms with E-state index >= 15 is 0 Å². The van der Waals surface area contributed by atoms with Crippen LogP contribution in [0.15, 0.2) is 60.9 Å². The van der Waals surface area contributed by atoms with Crippen LogP contribution in [0, 0.1) is 12.3 Å². The Morgan fingerprint density at radius 2 is 1.80 bits per heavy atom. The zero-order valence-electron chi connectivity index (χ0n) is 23.5. The van der Waals surface area contributed by atoms with E-state index in [0.717, 1.165) is 75.5 Å². The number of carbonyl (C=O) groups is 1. The average molecular weight is 567 g/mol. The van der Waals surface area contributed by atoms with Gasteiger partial charge >= 0.3 is 6.18 Å². The van der Waals surface area contributed by atoms with Gasteiger partial charge in [0.15, 0.2) is 0 Å². The second-order valence-electron chi connectivity index (χ2n) is 11.4. The quantitative estimate of drug-likeness (QED) is 0.371. The third-order valence-corrected chi connectivity index (χ3v) is 8.45. The lowest BCUT2D eigenvalue weighted by Gasteiger charge is -2.45. The summed E-state index contributed by atoms with van der Waals surface area (Å²) in [5.74, 6) is 0.716. The first kappa shape index (κ1) is 29.0. The first-order chi connectivity index (χ1) is 19.7. The standard InChI is InChI=1S/C32H37F3N4O2/c1-24-27(11-12-29(37-24)32(33,34)35)30(40)39-17-14-31(15-18-39)13-5-4-9-26-8-2-3-10-28(26)41-20-19-38(23-31)22-25-7-6-16-36-21-25/h2-3,6-8,10-12,16,21H,4-5,9,13-15,17-20,22-23H2,1H3. The van der Waals surface area contributed by atoms with Gasteiger partial charge in [0, 0.05) is 45.1 Å². The molecule has 0 radical (unpaired) electrons. The van der Waals surface area contributed by atoms with Gasteiger partial charge in [0.2, 0.25) is 0 Å². The Balaban J connectivity index is 1.32. The molecule has 9 heteroatoms. The average Bonchev–Trinajstić information content (AvgIpc) is 2.95. The zero-order chi connectivity index (χ0) is 28.9. The Bertz CT molecular complexity index is 1320. The number of ether oxygens (including phenoxy) is 1. The number of piperidine rings is 1. The molecule has 1 amide bonds. The number of nitrogens with zero attached hydrogens (tertiary/aromatic N) is 4. The number of carbonyl (C=O) groups excluding carboxylic acids is 1. The van der Waals surface area contributed by atoms with Crippen LogP contribution in [-0.2, 0) is 19.1 Å². The fourth-order valence-electron chi connectivity index (χ4n) is 6.18. The minimum atomic E-state index is -4.54. The number of aryl methyl sites for hydroxylation is 2. The highest BCUT2D eigenvalue weighted by Crippen LogP contribution is 2.39. The van der Waals surface area contributed by atoms with Gasteiger partial charge in [-0.2, -0.15) is 13.2 Å². The first-order valence-corrected chi connectivity index (χ1v) is 14.4. The monoisotopic (exact) mass is 566 g/mol. The van der Waals surface area contributed by atoms with Crippen LogP contribution in [-0.4, -0.2) is 58.5 Å². The molecular formula is C32H37F3N4O2. The Morgan fingerprint density at radius 3 is 2.54 bits per heavy atom. The van der Waals surface area contributed by atoms with Crippen molar-refractivity contribution in [1.29, 1.82) is 0 Å². The molecule has 2 aromatic heterocycles. The van der Waals surface area contributed by atoms with E-state index in [-0.39, 0.29) is 22.6 Å². The molecule has 0 aliphatic carbocycles. The Hall–Kier alpha value is -3.46. The molecule has 0 atom stereocenters. The molecule has 5 rings (SSSR count). The number of hydrogen-bond acceptors (Lipinski definition) is 5. The summed E-state index contributed by atoms with van der Waals surface area (Å²) in [4.78, 5) is 25.6. The summed E-state index contributed by atoms with van der Waals surface area (Å²) in [5.41, 5.74) is 1.79. The number of hydrogen-bond donors (Lipinski definition) is 0. The third-order valence-electron chi connectivity index (χ3n) is 8.45. The van der Waals surface area contributed by atoms with Crippen LogP contribution in [0.25, 0.3) is 0 Å². The maximum atomic E-state index is 13.4. The predicted molar refractivity (Wildman–Crippen MR) is 151 cm³/mol. The van der Waals surface area contributed by atoms with Gasteiger partial charge in [-0.3, -0.25) is 14.7 Å². The number of halogens is 3. The van der Waals surface area contributed by atoms with E-state index in [9.17, 15) is 18.0 Å². The molecule has 0 saturated carbocycles. The molecular weight excluding hydrogens is 529 g/mol. The molecule has 1 spiro atoms. The molecule has 41 heavy (non-hydrogen) atoms. The summed E-state index contributed by atoms with van der Waals surface area (Å²) >= 11 is 0. The zero-order valence-corrected chi connectivity index (χ0v) is 23.5. The van der Waals surface area contributed by atoms with Crippen molar-refractivity contribution in [2.24, 2.45) is 5.41 Å². The van der Waals surface area contributed by atoms with Crippen LogP contribution < -0.4 is 4.74 Å². The highest BCUT2D eigenvalue weighted by molar-refractivity contribution is 5.95. The molecule has 3 aromatic rings. The summed E-state index contributed by atoms with van der Waals surface area (Å²) in [6, 6.07) is 14.5. The van der Waals surface area contributed by atoms with E-state index in [1.165, 1.54) is 18.6 Å². The van der Waals surface area contributed by atoms with Crippen molar-refractivity contribution >= 4 is 5.91 Å². The van der Waals surface area contributed by atoms with Crippen molar-refractivity contribution < 1.29 is 22.7 Å². The molecule has 218 valence electrons. The molecule has 4 heterocycles. The Morgan fingerprint density at radius 1 is 1.00 bits per heavy atom. The summed E-state index contributed by atoms with van der Waals surface area (Å²) in [5, 5.41) is 0. The number of aromatic nitrogens is 2. The van der Waals surface area contributed by atoms with Gasteiger partial charge in [0.05, 0.1) is 11.3 Å². The van der Waals surface area contributed by atoms with Gasteiger partial charge in [0.1, 0.15) is 18.1 Å². The largest absolute Gasteiger partial charge is 0.492 e. The Kier molecular flexibility index (Phi) is 8.92. The number of likely N-dealkylation sites (tertiary alicyclic amines) is 1. The van der Waals surface area contributed by atoms with E-state index in [1.807, 2.05) is 18.3 Å². The maximum absolute atomic E-state index is 13.4. The summed E-state index contributed by atoms with van der Waals surface area (Å²) < 4.78 is 45.5. The summed E-state index contributed by atoms with van der Waals surface area (Å²) in [6.07, 6.45) is 4.99. The van der Waals surface area contributed by atoms with Gasteiger partial charge < -0.3 is 9.64 Å². The van der Waals surface area contributed by atoms with Crippen molar-refractivity contribution in [3.8, 4) is 5.75 Å². The molecule has 1 aromatic carbocycles.